The van der Waals surface area contributed by atoms with Crippen LogP contribution in [0.1, 0.15) is 17.2 Å². The molecular weight excluding hydrogens is 333 g/mol. The second-order valence-corrected chi connectivity index (χ2v) is 5.83. The first-order chi connectivity index (χ1) is 10.7. The summed E-state index contributed by atoms with van der Waals surface area (Å²) < 4.78 is 0. The summed E-state index contributed by atoms with van der Waals surface area (Å²) in [6, 6.07) is 11.4. The largest absolute Gasteiger partial charge is 0.333 e. The minimum atomic E-state index is 0. The SMILES string of the molecule is Cl.O=C(Cc1ccc(Cl)cc1)N1CCNCC1c1cccnc1. The van der Waals surface area contributed by atoms with Gasteiger partial charge in [-0.2, -0.15) is 0 Å². The first-order valence-corrected chi connectivity index (χ1v) is 7.76. The van der Waals surface area contributed by atoms with Gasteiger partial charge in [-0.25, -0.2) is 0 Å². The zero-order valence-corrected chi connectivity index (χ0v) is 14.2. The molecule has 0 radical (unpaired) electrons. The molecule has 4 nitrogen and oxygen atoms in total. The predicted molar refractivity (Wildman–Crippen MR) is 94.0 cm³/mol. The van der Waals surface area contributed by atoms with Crippen molar-refractivity contribution in [3.05, 3.63) is 64.9 Å². The van der Waals surface area contributed by atoms with Crippen LogP contribution in [-0.4, -0.2) is 35.4 Å². The molecule has 1 saturated heterocycles. The lowest BCUT2D eigenvalue weighted by Crippen LogP contribution is -2.49. The molecule has 23 heavy (non-hydrogen) atoms. The summed E-state index contributed by atoms with van der Waals surface area (Å²) in [6.45, 7) is 2.30. The van der Waals surface area contributed by atoms with Crippen LogP contribution in [0.2, 0.25) is 5.02 Å². The molecule has 122 valence electrons. The first-order valence-electron chi connectivity index (χ1n) is 7.38. The Morgan fingerprint density at radius 2 is 2.09 bits per heavy atom. The average Bonchev–Trinajstić information content (AvgIpc) is 2.58. The molecule has 0 bridgehead atoms. The van der Waals surface area contributed by atoms with E-state index in [-0.39, 0.29) is 24.4 Å². The van der Waals surface area contributed by atoms with E-state index in [1.807, 2.05) is 47.5 Å². The molecule has 1 aromatic carbocycles. The van der Waals surface area contributed by atoms with Gasteiger partial charge in [-0.3, -0.25) is 9.78 Å². The third-order valence-electron chi connectivity index (χ3n) is 3.90. The highest BCUT2D eigenvalue weighted by molar-refractivity contribution is 6.30. The maximum Gasteiger partial charge on any atom is 0.227 e. The van der Waals surface area contributed by atoms with Crippen LogP contribution < -0.4 is 5.32 Å². The summed E-state index contributed by atoms with van der Waals surface area (Å²) in [5, 5.41) is 4.04. The van der Waals surface area contributed by atoms with Crippen molar-refractivity contribution in [2.45, 2.75) is 12.5 Å². The van der Waals surface area contributed by atoms with Gasteiger partial charge < -0.3 is 10.2 Å². The van der Waals surface area contributed by atoms with Crippen molar-refractivity contribution in [2.75, 3.05) is 19.6 Å². The monoisotopic (exact) mass is 351 g/mol. The molecule has 1 N–H and O–H groups in total. The third-order valence-corrected chi connectivity index (χ3v) is 4.15. The minimum absolute atomic E-state index is 0. The van der Waals surface area contributed by atoms with Crippen molar-refractivity contribution < 1.29 is 4.79 Å². The minimum Gasteiger partial charge on any atom is -0.333 e. The normalized spacial score (nSPS) is 17.4. The number of carbonyl (C=O) groups excluding carboxylic acids is 1. The summed E-state index contributed by atoms with van der Waals surface area (Å²) >= 11 is 5.89. The van der Waals surface area contributed by atoms with Crippen molar-refractivity contribution in [2.24, 2.45) is 0 Å². The number of hydrogen-bond donors (Lipinski definition) is 1. The number of nitrogens with one attached hydrogen (secondary N) is 1. The smallest absolute Gasteiger partial charge is 0.227 e. The van der Waals surface area contributed by atoms with Crippen molar-refractivity contribution in [3.8, 4) is 0 Å². The van der Waals surface area contributed by atoms with E-state index < -0.39 is 0 Å². The molecule has 1 aliphatic heterocycles. The zero-order valence-electron chi connectivity index (χ0n) is 12.6. The van der Waals surface area contributed by atoms with Crippen molar-refractivity contribution in [1.29, 1.82) is 0 Å². The van der Waals surface area contributed by atoms with Crippen molar-refractivity contribution in [1.82, 2.24) is 15.2 Å². The van der Waals surface area contributed by atoms with Gasteiger partial charge in [0, 0.05) is 37.1 Å². The van der Waals surface area contributed by atoms with E-state index >= 15 is 0 Å². The molecule has 1 aliphatic rings. The second kappa shape index (κ2) is 8.29. The van der Waals surface area contributed by atoms with Crippen LogP contribution in [-0.2, 0) is 11.2 Å². The molecule has 2 heterocycles. The van der Waals surface area contributed by atoms with Crippen molar-refractivity contribution in [3.63, 3.8) is 0 Å². The van der Waals surface area contributed by atoms with Gasteiger partial charge in [-0.15, -0.1) is 12.4 Å². The lowest BCUT2D eigenvalue weighted by molar-refractivity contribution is -0.133. The molecule has 2 aromatic rings. The van der Waals surface area contributed by atoms with Gasteiger partial charge in [0.2, 0.25) is 5.91 Å². The summed E-state index contributed by atoms with van der Waals surface area (Å²) in [5.41, 5.74) is 2.05. The number of carbonyl (C=O) groups is 1. The number of amides is 1. The van der Waals surface area contributed by atoms with E-state index in [0.29, 0.717) is 18.0 Å². The summed E-state index contributed by atoms with van der Waals surface area (Å²) in [7, 11) is 0. The fraction of sp³-hybridized carbons (Fsp3) is 0.294. The Labute approximate surface area is 147 Å². The molecule has 0 saturated carbocycles. The lowest BCUT2D eigenvalue weighted by atomic mass is 10.0. The summed E-state index contributed by atoms with van der Waals surface area (Å²) in [4.78, 5) is 18.8. The molecule has 6 heteroatoms. The number of piperazine rings is 1. The zero-order chi connectivity index (χ0) is 15.4. The Kier molecular flexibility index (Phi) is 6.39. The third kappa shape index (κ3) is 4.44. The second-order valence-electron chi connectivity index (χ2n) is 5.40. The Hall–Kier alpha value is -1.62. The predicted octanol–water partition coefficient (Wildman–Crippen LogP) is 2.87. The fourth-order valence-electron chi connectivity index (χ4n) is 2.75. The highest BCUT2D eigenvalue weighted by Crippen LogP contribution is 2.22. The van der Waals surface area contributed by atoms with Gasteiger partial charge in [0.1, 0.15) is 0 Å². The molecule has 1 unspecified atom stereocenters. The highest BCUT2D eigenvalue weighted by Gasteiger charge is 2.27. The van der Waals surface area contributed by atoms with Crippen molar-refractivity contribution >= 4 is 29.9 Å². The fourth-order valence-corrected chi connectivity index (χ4v) is 2.88. The Morgan fingerprint density at radius 3 is 2.78 bits per heavy atom. The highest BCUT2D eigenvalue weighted by atomic mass is 35.5. The van der Waals surface area contributed by atoms with E-state index in [4.69, 9.17) is 11.6 Å². The number of nitrogens with zero attached hydrogens (tertiary/aromatic N) is 2. The van der Waals surface area contributed by atoms with Crippen LogP contribution >= 0.6 is 24.0 Å². The molecule has 0 spiro atoms. The van der Waals surface area contributed by atoms with E-state index in [1.165, 1.54) is 0 Å². The number of aromatic nitrogens is 1. The van der Waals surface area contributed by atoms with Crippen LogP contribution in [0.3, 0.4) is 0 Å². The van der Waals surface area contributed by atoms with Gasteiger partial charge in [0.05, 0.1) is 12.5 Å². The molecule has 1 atom stereocenters. The molecular formula is C17H19Cl2N3O. The van der Waals surface area contributed by atoms with Crippen LogP contribution in [0.4, 0.5) is 0 Å². The topological polar surface area (TPSA) is 45.2 Å². The Bertz CT molecular complexity index is 634. The molecule has 0 aliphatic carbocycles. The number of rotatable bonds is 3. The number of benzene rings is 1. The first kappa shape index (κ1) is 17.7. The quantitative estimate of drug-likeness (QED) is 0.924. The van der Waals surface area contributed by atoms with E-state index in [1.54, 1.807) is 6.20 Å². The maximum atomic E-state index is 12.7. The van der Waals surface area contributed by atoms with Crippen LogP contribution in [0, 0.1) is 0 Å². The Morgan fingerprint density at radius 1 is 1.30 bits per heavy atom. The van der Waals surface area contributed by atoms with Gasteiger partial charge in [-0.1, -0.05) is 29.8 Å². The molecule has 1 amide bonds. The maximum absolute atomic E-state index is 12.7. The van der Waals surface area contributed by atoms with Crippen LogP contribution in [0.25, 0.3) is 0 Å². The standard InChI is InChI=1S/C17H18ClN3O.ClH/c18-15-5-3-13(4-6-15)10-17(22)21-9-8-20-12-16(21)14-2-1-7-19-11-14;/h1-7,11,16,20H,8-10,12H2;1H. The lowest BCUT2D eigenvalue weighted by Gasteiger charge is -2.36. The van der Waals surface area contributed by atoms with Gasteiger partial charge in [0.25, 0.3) is 0 Å². The van der Waals surface area contributed by atoms with Gasteiger partial charge >= 0.3 is 0 Å². The van der Waals surface area contributed by atoms with E-state index in [0.717, 1.165) is 24.2 Å². The number of hydrogen-bond acceptors (Lipinski definition) is 3. The van der Waals surface area contributed by atoms with Gasteiger partial charge in [-0.05, 0) is 29.3 Å². The molecule has 1 fully saturated rings. The van der Waals surface area contributed by atoms with Gasteiger partial charge in [0.15, 0.2) is 0 Å². The molecule has 1 aromatic heterocycles. The Balaban J connectivity index is 0.00000192. The summed E-state index contributed by atoms with van der Waals surface area (Å²) in [6.07, 6.45) is 3.98. The number of halogens is 2. The average molecular weight is 352 g/mol. The molecule has 3 rings (SSSR count). The van der Waals surface area contributed by atoms with E-state index in [9.17, 15) is 4.79 Å². The number of pyridine rings is 1. The summed E-state index contributed by atoms with van der Waals surface area (Å²) in [5.74, 6) is 0.137. The van der Waals surface area contributed by atoms with E-state index in [2.05, 4.69) is 10.3 Å². The van der Waals surface area contributed by atoms with Crippen LogP contribution in [0.15, 0.2) is 48.8 Å². The van der Waals surface area contributed by atoms with Crippen LogP contribution in [0.5, 0.6) is 0 Å².